The fourth-order valence-electron chi connectivity index (χ4n) is 4.23. The summed E-state index contributed by atoms with van der Waals surface area (Å²) in [7, 11) is 0. The molecule has 1 unspecified atom stereocenters. The zero-order valence-corrected chi connectivity index (χ0v) is 17.8. The van der Waals surface area contributed by atoms with Crippen LogP contribution in [0.25, 0.3) is 0 Å². The molecule has 0 amide bonds. The molecular weight excluding hydrogens is 372 g/mol. The summed E-state index contributed by atoms with van der Waals surface area (Å²) in [4.78, 5) is 10.6. The topological polar surface area (TPSA) is 57.5 Å². The molecular formula is C24H35ClO3. The minimum absolute atomic E-state index is 0.0302. The van der Waals surface area contributed by atoms with Crippen molar-refractivity contribution in [2.45, 2.75) is 88.5 Å². The number of aryl methyl sites for hydroxylation is 1. The fourth-order valence-corrected chi connectivity index (χ4v) is 4.67. The minimum atomic E-state index is -0.748. The zero-order chi connectivity index (χ0) is 20.4. The van der Waals surface area contributed by atoms with E-state index in [0.717, 1.165) is 19.3 Å². The number of benzene rings is 1. The van der Waals surface area contributed by atoms with Crippen molar-refractivity contribution in [3.8, 4) is 0 Å². The highest BCUT2D eigenvalue weighted by molar-refractivity contribution is 6.21. The number of aliphatic carboxylic acids is 1. The lowest BCUT2D eigenvalue weighted by molar-refractivity contribution is -0.137. The molecule has 2 N–H and O–H groups in total. The lowest BCUT2D eigenvalue weighted by Gasteiger charge is -2.23. The molecule has 1 aromatic carbocycles. The number of carbonyl (C=O) groups is 1. The van der Waals surface area contributed by atoms with Gasteiger partial charge in [-0.2, -0.15) is 0 Å². The average molecular weight is 407 g/mol. The van der Waals surface area contributed by atoms with Gasteiger partial charge < -0.3 is 10.2 Å². The average Bonchev–Trinajstić information content (AvgIpc) is 2.95. The van der Waals surface area contributed by atoms with Crippen molar-refractivity contribution in [2.75, 3.05) is 0 Å². The lowest BCUT2D eigenvalue weighted by atomic mass is 9.85. The van der Waals surface area contributed by atoms with Crippen molar-refractivity contribution >= 4 is 17.6 Å². The highest BCUT2D eigenvalue weighted by atomic mass is 35.5. The van der Waals surface area contributed by atoms with Gasteiger partial charge in [-0.1, -0.05) is 62.6 Å². The van der Waals surface area contributed by atoms with E-state index < -0.39 is 12.1 Å². The Hall–Kier alpha value is -1.32. The molecule has 0 heterocycles. The summed E-state index contributed by atoms with van der Waals surface area (Å²) in [5, 5.41) is 19.2. The Balaban J connectivity index is 1.91. The van der Waals surface area contributed by atoms with Crippen LogP contribution in [0.1, 0.15) is 81.8 Å². The quantitative estimate of drug-likeness (QED) is 0.251. The third kappa shape index (κ3) is 7.25. The van der Waals surface area contributed by atoms with Crippen LogP contribution in [0.15, 0.2) is 36.4 Å². The summed E-state index contributed by atoms with van der Waals surface area (Å²) >= 11 is 6.56. The first-order chi connectivity index (χ1) is 13.5. The third-order valence-corrected chi connectivity index (χ3v) is 6.33. The van der Waals surface area contributed by atoms with Crippen LogP contribution in [-0.4, -0.2) is 27.7 Å². The van der Waals surface area contributed by atoms with Crippen molar-refractivity contribution in [3.05, 3.63) is 47.5 Å². The molecule has 4 heteroatoms. The largest absolute Gasteiger partial charge is 0.481 e. The zero-order valence-electron chi connectivity index (χ0n) is 17.0. The first kappa shape index (κ1) is 23.0. The van der Waals surface area contributed by atoms with Crippen molar-refractivity contribution in [1.82, 2.24) is 0 Å². The first-order valence-electron chi connectivity index (χ1n) is 10.8. The van der Waals surface area contributed by atoms with Gasteiger partial charge in [0.1, 0.15) is 0 Å². The molecule has 0 bridgehead atoms. The summed E-state index contributed by atoms with van der Waals surface area (Å²) in [6.07, 6.45) is 13.0. The third-order valence-electron chi connectivity index (χ3n) is 5.83. The van der Waals surface area contributed by atoms with Gasteiger partial charge in [-0.15, -0.1) is 11.6 Å². The molecule has 156 valence electrons. The Morgan fingerprint density at radius 3 is 2.57 bits per heavy atom. The van der Waals surface area contributed by atoms with Gasteiger partial charge in [-0.25, -0.2) is 0 Å². The maximum Gasteiger partial charge on any atom is 0.303 e. The van der Waals surface area contributed by atoms with Crippen LogP contribution in [0.2, 0.25) is 0 Å². The molecule has 1 aliphatic carbocycles. The second kappa shape index (κ2) is 12.3. The molecule has 0 saturated heterocycles. The Morgan fingerprint density at radius 2 is 1.89 bits per heavy atom. The standard InChI is InChI=1S/C24H35ClO3/c1-2-3-4-7-10-18-13-15-19(16-14-18)24-20(21(25)17-22(24)26)11-8-5-6-9-12-23(27)28/h5,8,13-16,20-22,24,26H,2-4,6-7,9-12,17H2,1H3,(H,27,28)/t20?,21-,22-,24-/m1/s1. The molecule has 2 rings (SSSR count). The van der Waals surface area contributed by atoms with Crippen molar-refractivity contribution in [3.63, 3.8) is 0 Å². The number of alkyl halides is 1. The van der Waals surface area contributed by atoms with E-state index in [4.69, 9.17) is 16.7 Å². The predicted octanol–water partition coefficient (Wildman–Crippen LogP) is 6.08. The summed E-state index contributed by atoms with van der Waals surface area (Å²) < 4.78 is 0. The predicted molar refractivity (Wildman–Crippen MR) is 116 cm³/mol. The van der Waals surface area contributed by atoms with Crippen molar-refractivity contribution in [1.29, 1.82) is 0 Å². The SMILES string of the molecule is CCCCCCc1ccc([C@@H]2C(CC=CCCCC(=O)O)[C@H](Cl)C[C@H]2O)cc1. The molecule has 28 heavy (non-hydrogen) atoms. The Kier molecular flexibility index (Phi) is 10.1. The summed E-state index contributed by atoms with van der Waals surface area (Å²) in [5.74, 6) is -0.467. The number of hydrogen-bond donors (Lipinski definition) is 2. The fraction of sp³-hybridized carbons (Fsp3) is 0.625. The van der Waals surface area contributed by atoms with Gasteiger partial charge in [-0.05, 0) is 55.6 Å². The second-order valence-corrected chi connectivity index (χ2v) is 8.61. The number of carboxylic acid groups (broad SMARTS) is 1. The van der Waals surface area contributed by atoms with Crippen LogP contribution >= 0.6 is 11.6 Å². The summed E-state index contributed by atoms with van der Waals surface area (Å²) in [6.45, 7) is 2.23. The number of hydrogen-bond acceptors (Lipinski definition) is 2. The number of allylic oxidation sites excluding steroid dienone is 2. The van der Waals surface area contributed by atoms with Crippen LogP contribution in [-0.2, 0) is 11.2 Å². The first-order valence-corrected chi connectivity index (χ1v) is 11.2. The monoisotopic (exact) mass is 406 g/mol. The molecule has 0 radical (unpaired) electrons. The normalized spacial score (nSPS) is 24.8. The molecule has 3 nitrogen and oxygen atoms in total. The maximum absolute atomic E-state index is 10.6. The molecule has 0 spiro atoms. The molecule has 1 aliphatic rings. The summed E-state index contributed by atoms with van der Waals surface area (Å²) in [5.41, 5.74) is 2.54. The van der Waals surface area contributed by atoms with E-state index >= 15 is 0 Å². The van der Waals surface area contributed by atoms with Gasteiger partial charge in [-0.3, -0.25) is 4.79 Å². The highest BCUT2D eigenvalue weighted by Gasteiger charge is 2.41. The number of halogens is 1. The maximum atomic E-state index is 10.6. The number of carboxylic acids is 1. The van der Waals surface area contributed by atoms with Crippen LogP contribution in [0.5, 0.6) is 0 Å². The number of aliphatic hydroxyl groups is 1. The Labute approximate surface area is 174 Å². The Morgan fingerprint density at radius 1 is 1.14 bits per heavy atom. The second-order valence-electron chi connectivity index (χ2n) is 8.05. The van der Waals surface area contributed by atoms with Crippen molar-refractivity contribution < 1.29 is 15.0 Å². The smallest absolute Gasteiger partial charge is 0.303 e. The molecule has 1 saturated carbocycles. The van der Waals surface area contributed by atoms with Gasteiger partial charge >= 0.3 is 5.97 Å². The van der Waals surface area contributed by atoms with E-state index in [9.17, 15) is 9.90 Å². The molecule has 1 fully saturated rings. The van der Waals surface area contributed by atoms with E-state index in [-0.39, 0.29) is 23.6 Å². The van der Waals surface area contributed by atoms with Gasteiger partial charge in [0.15, 0.2) is 0 Å². The Bertz CT molecular complexity index is 611. The number of unbranched alkanes of at least 4 members (excludes halogenated alkanes) is 4. The van der Waals surface area contributed by atoms with E-state index in [0.29, 0.717) is 12.8 Å². The van der Waals surface area contributed by atoms with Crippen LogP contribution in [0, 0.1) is 5.92 Å². The lowest BCUT2D eigenvalue weighted by Crippen LogP contribution is -2.18. The van der Waals surface area contributed by atoms with Gasteiger partial charge in [0, 0.05) is 17.7 Å². The van der Waals surface area contributed by atoms with Crippen LogP contribution in [0.3, 0.4) is 0 Å². The van der Waals surface area contributed by atoms with Crippen molar-refractivity contribution in [2.24, 2.45) is 5.92 Å². The van der Waals surface area contributed by atoms with Crippen LogP contribution in [0.4, 0.5) is 0 Å². The van der Waals surface area contributed by atoms with E-state index in [1.54, 1.807) is 0 Å². The summed E-state index contributed by atoms with van der Waals surface area (Å²) in [6, 6.07) is 8.74. The van der Waals surface area contributed by atoms with E-state index in [1.165, 1.54) is 36.8 Å². The molecule has 0 aromatic heterocycles. The minimum Gasteiger partial charge on any atom is -0.481 e. The number of rotatable bonds is 12. The van der Waals surface area contributed by atoms with Gasteiger partial charge in [0.2, 0.25) is 0 Å². The van der Waals surface area contributed by atoms with Gasteiger partial charge in [0.25, 0.3) is 0 Å². The molecule has 0 aliphatic heterocycles. The van der Waals surface area contributed by atoms with Gasteiger partial charge in [0.05, 0.1) is 6.10 Å². The molecule has 4 atom stereocenters. The van der Waals surface area contributed by atoms with Crippen LogP contribution < -0.4 is 0 Å². The number of aliphatic hydroxyl groups excluding tert-OH is 1. The van der Waals surface area contributed by atoms with E-state index in [1.807, 2.05) is 6.08 Å². The highest BCUT2D eigenvalue weighted by Crippen LogP contribution is 2.44. The van der Waals surface area contributed by atoms with E-state index in [2.05, 4.69) is 37.3 Å². The molecule has 1 aromatic rings.